The zero-order valence-electron chi connectivity index (χ0n) is 32.1. The van der Waals surface area contributed by atoms with Crippen molar-refractivity contribution in [2.45, 2.75) is 95.0 Å². The Labute approximate surface area is 399 Å². The summed E-state index contributed by atoms with van der Waals surface area (Å²) in [4.78, 5) is 47.2. The van der Waals surface area contributed by atoms with Crippen molar-refractivity contribution in [3.8, 4) is 0 Å². The lowest BCUT2D eigenvalue weighted by molar-refractivity contribution is 0.0686. The number of rotatable bonds is 4. The summed E-state index contributed by atoms with van der Waals surface area (Å²) in [7, 11) is 0. The van der Waals surface area contributed by atoms with Crippen LogP contribution < -0.4 is 16.2 Å². The molecule has 0 spiro atoms. The van der Waals surface area contributed by atoms with E-state index in [0.717, 1.165) is 80.3 Å². The SMILES string of the molecule is O=C(OCc1ccccc1)N1[C@H](c2cc(=O)c3ccc(Br)cc3[nH]2)C[C@@H]2CCCC[C@@H]21.O=c1cc([C@@H]2C[C@@H]3CCCC[C@@H]3N2)[nH]c2cc(Br)ccc12.S.S.S.S.S.S. The van der Waals surface area contributed by atoms with Crippen molar-refractivity contribution < 1.29 is 9.53 Å². The highest BCUT2D eigenvalue weighted by molar-refractivity contribution is 9.10. The van der Waals surface area contributed by atoms with Crippen molar-refractivity contribution in [2.24, 2.45) is 11.8 Å². The molecule has 0 unspecified atom stereocenters. The van der Waals surface area contributed by atoms with Crippen molar-refractivity contribution >= 4 is 141 Å². The molecule has 2 aliphatic heterocycles. The third-order valence-electron chi connectivity index (χ3n) is 11.7. The molecule has 8 nitrogen and oxygen atoms in total. The van der Waals surface area contributed by atoms with Crippen molar-refractivity contribution in [2.75, 3.05) is 0 Å². The molecule has 58 heavy (non-hydrogen) atoms. The quantitative estimate of drug-likeness (QED) is 0.166. The number of halogens is 2. The van der Waals surface area contributed by atoms with Gasteiger partial charge in [-0.05, 0) is 92.3 Å². The van der Waals surface area contributed by atoms with E-state index in [2.05, 4.69) is 47.1 Å². The van der Waals surface area contributed by atoms with Crippen molar-refractivity contribution in [1.82, 2.24) is 20.2 Å². The van der Waals surface area contributed by atoms with Gasteiger partial charge < -0.3 is 20.0 Å². The number of hydrogen-bond donors (Lipinski definition) is 3. The number of carbonyl (C=O) groups excluding carboxylic acids is 1. The highest BCUT2D eigenvalue weighted by Crippen LogP contribution is 2.46. The van der Waals surface area contributed by atoms with Gasteiger partial charge in [0.15, 0.2) is 10.9 Å². The van der Waals surface area contributed by atoms with Crippen LogP contribution in [-0.2, 0) is 11.3 Å². The first kappa shape index (κ1) is 52.5. The van der Waals surface area contributed by atoms with Crippen LogP contribution in [0.1, 0.15) is 93.2 Å². The van der Waals surface area contributed by atoms with Gasteiger partial charge in [-0.1, -0.05) is 87.9 Å². The van der Waals surface area contributed by atoms with E-state index < -0.39 is 0 Å². The lowest BCUT2D eigenvalue weighted by Crippen LogP contribution is -2.41. The summed E-state index contributed by atoms with van der Waals surface area (Å²) in [6.07, 6.45) is 11.5. The van der Waals surface area contributed by atoms with Crippen molar-refractivity contribution in [3.63, 3.8) is 0 Å². The van der Waals surface area contributed by atoms with Gasteiger partial charge >= 0.3 is 6.09 Å². The third kappa shape index (κ3) is 11.6. The summed E-state index contributed by atoms with van der Waals surface area (Å²) in [6, 6.07) is 25.5. The van der Waals surface area contributed by atoms with E-state index >= 15 is 0 Å². The highest BCUT2D eigenvalue weighted by atomic mass is 79.9. The van der Waals surface area contributed by atoms with Gasteiger partial charge in [0.1, 0.15) is 6.61 Å². The maximum absolute atomic E-state index is 13.3. The first-order chi connectivity index (χ1) is 25.3. The first-order valence-electron chi connectivity index (χ1n) is 18.7. The number of aromatic amines is 2. The van der Waals surface area contributed by atoms with Gasteiger partial charge in [-0.15, -0.1) is 0 Å². The molecule has 16 heteroatoms. The Morgan fingerprint density at radius 3 is 1.83 bits per heavy atom. The summed E-state index contributed by atoms with van der Waals surface area (Å²) in [6.45, 7) is 0.251. The molecule has 4 heterocycles. The van der Waals surface area contributed by atoms with Crippen LogP contribution in [0, 0.1) is 11.8 Å². The van der Waals surface area contributed by atoms with E-state index in [0.29, 0.717) is 23.4 Å². The van der Waals surface area contributed by atoms with Crippen LogP contribution >= 0.6 is 113 Å². The minimum Gasteiger partial charge on any atom is -0.445 e. The number of benzene rings is 3. The predicted octanol–water partition coefficient (Wildman–Crippen LogP) is 10.5. The number of fused-ring (bicyclic) bond motifs is 4. The number of hydrogen-bond acceptors (Lipinski definition) is 5. The number of pyridine rings is 2. The number of nitrogens with zero attached hydrogens (tertiary/aromatic N) is 1. The number of amides is 1. The smallest absolute Gasteiger partial charge is 0.410 e. The standard InChI is InChI=1S/C25H25BrN2O3.C17H19BrN2O.6H2S/c26-18-10-11-19-20(13-18)27-21(14-24(19)29)23-12-17-8-4-5-9-22(17)28(23)25(30)31-15-16-6-2-1-3-7-16;18-11-5-6-12-14(8-11)20-16(9-17(12)21)15-7-10-3-1-2-4-13(10)19-15;;;;;;/h1-3,6-7,10-11,13-14,17,22-23H,4-5,8-9,12,15H2,(H,27,29);5-6,8-10,13,15,19H,1-4,7H2,(H,20,21);6*1H2/t17-,22-,23-;10-,13-,15-;;;;;;/m00....../s1. The Balaban J connectivity index is 0.000000383. The number of nitrogens with one attached hydrogen (secondary N) is 3. The minimum atomic E-state index is -0.293. The average Bonchev–Trinajstić information content (AvgIpc) is 3.77. The third-order valence-corrected chi connectivity index (χ3v) is 12.7. The maximum Gasteiger partial charge on any atom is 0.410 e. The van der Waals surface area contributed by atoms with Gasteiger partial charge in [0, 0.05) is 61.4 Å². The van der Waals surface area contributed by atoms with Gasteiger partial charge in [0.05, 0.1) is 17.1 Å². The minimum absolute atomic E-state index is 0. The number of aromatic nitrogens is 2. The van der Waals surface area contributed by atoms with E-state index in [1.165, 1.54) is 32.1 Å². The second kappa shape index (κ2) is 23.5. The molecule has 0 radical (unpaired) electrons. The van der Waals surface area contributed by atoms with Crippen LogP contribution in [0.5, 0.6) is 0 Å². The fourth-order valence-corrected chi connectivity index (χ4v) is 9.93. The Kier molecular flexibility index (Phi) is 21.3. The van der Waals surface area contributed by atoms with Crippen LogP contribution in [0.3, 0.4) is 0 Å². The molecule has 0 bridgehead atoms. The largest absolute Gasteiger partial charge is 0.445 e. The number of carbonyl (C=O) groups is 1. The van der Waals surface area contributed by atoms with Crippen LogP contribution in [0.25, 0.3) is 21.8 Å². The Morgan fingerprint density at radius 1 is 0.655 bits per heavy atom. The molecular formula is C42H56Br2N4O4S6. The van der Waals surface area contributed by atoms with Gasteiger partial charge in [-0.3, -0.25) is 14.5 Å². The van der Waals surface area contributed by atoms with E-state index in [1.54, 1.807) is 12.1 Å². The zero-order valence-corrected chi connectivity index (χ0v) is 41.3. The Morgan fingerprint density at radius 2 is 1.21 bits per heavy atom. The van der Waals surface area contributed by atoms with E-state index in [-0.39, 0.29) is 117 Å². The van der Waals surface area contributed by atoms with Crippen LogP contribution in [0.2, 0.25) is 0 Å². The molecule has 318 valence electrons. The molecule has 5 aromatic rings. The van der Waals surface area contributed by atoms with Gasteiger partial charge in [-0.2, -0.15) is 81.0 Å². The van der Waals surface area contributed by atoms with Crippen LogP contribution in [-0.4, -0.2) is 33.0 Å². The highest BCUT2D eigenvalue weighted by Gasteiger charge is 2.46. The molecule has 6 atom stereocenters. The summed E-state index contributed by atoms with van der Waals surface area (Å²) in [5, 5.41) is 5.15. The van der Waals surface area contributed by atoms with Gasteiger partial charge in [-0.25, -0.2) is 4.79 Å². The van der Waals surface area contributed by atoms with E-state index in [1.807, 2.05) is 71.6 Å². The Hall–Kier alpha value is -1.63. The maximum atomic E-state index is 13.3. The van der Waals surface area contributed by atoms with Crippen LogP contribution in [0.15, 0.2) is 97.4 Å². The van der Waals surface area contributed by atoms with Crippen molar-refractivity contribution in [1.29, 1.82) is 0 Å². The number of likely N-dealkylation sites (tertiary alicyclic amines) is 1. The molecule has 2 saturated heterocycles. The van der Waals surface area contributed by atoms with Crippen molar-refractivity contribution in [3.05, 3.63) is 125 Å². The van der Waals surface area contributed by atoms with Gasteiger partial charge in [0.25, 0.3) is 0 Å². The predicted molar refractivity (Wildman–Crippen MR) is 275 cm³/mol. The summed E-state index contributed by atoms with van der Waals surface area (Å²) >= 11 is 6.96. The normalized spacial score (nSPS) is 22.7. The summed E-state index contributed by atoms with van der Waals surface area (Å²) < 4.78 is 7.64. The molecule has 3 N–H and O–H groups in total. The molecule has 2 aromatic heterocycles. The molecule has 4 fully saturated rings. The average molecular weight is 1030 g/mol. The monoisotopic (exact) mass is 1030 g/mol. The fraction of sp³-hybridized carbons (Fsp3) is 0.405. The zero-order chi connectivity index (χ0) is 35.8. The molecule has 4 aliphatic rings. The van der Waals surface area contributed by atoms with E-state index in [4.69, 9.17) is 4.74 Å². The lowest BCUT2D eigenvalue weighted by atomic mass is 9.84. The second-order valence-electron chi connectivity index (χ2n) is 15.0. The van der Waals surface area contributed by atoms with Gasteiger partial charge in [0.2, 0.25) is 0 Å². The lowest BCUT2D eigenvalue weighted by Gasteiger charge is -2.33. The number of H-pyrrole nitrogens is 2. The Bertz CT molecular complexity index is 2220. The molecule has 1 amide bonds. The fourth-order valence-electron chi connectivity index (χ4n) is 9.21. The second-order valence-corrected chi connectivity index (χ2v) is 16.8. The van der Waals surface area contributed by atoms with Crippen LogP contribution in [0.4, 0.5) is 4.79 Å². The molecular weight excluding hydrogens is 977 g/mol. The number of ether oxygens (including phenoxy) is 1. The van der Waals surface area contributed by atoms with E-state index in [9.17, 15) is 14.4 Å². The summed E-state index contributed by atoms with van der Waals surface area (Å²) in [5.41, 5.74) is 4.59. The molecule has 3 aromatic carbocycles. The molecule has 2 aliphatic carbocycles. The topological polar surface area (TPSA) is 107 Å². The summed E-state index contributed by atoms with van der Waals surface area (Å²) in [5.74, 6) is 1.23. The first-order valence-corrected chi connectivity index (χ1v) is 20.3. The molecule has 2 saturated carbocycles. The molecule has 9 rings (SSSR count).